The molecule has 0 aliphatic rings. The van der Waals surface area contributed by atoms with Crippen molar-refractivity contribution in [2.75, 3.05) is 14.1 Å². The quantitative estimate of drug-likeness (QED) is 0.891. The van der Waals surface area contributed by atoms with Crippen LogP contribution in [0, 0.1) is 0 Å². The van der Waals surface area contributed by atoms with Crippen molar-refractivity contribution in [3.05, 3.63) is 41.9 Å². The van der Waals surface area contributed by atoms with E-state index in [-0.39, 0.29) is 11.9 Å². The van der Waals surface area contributed by atoms with Gasteiger partial charge in [0.05, 0.1) is 0 Å². The van der Waals surface area contributed by atoms with Crippen molar-refractivity contribution in [2.45, 2.75) is 13.0 Å². The molecule has 1 atom stereocenters. The van der Waals surface area contributed by atoms with Crippen molar-refractivity contribution in [1.29, 1.82) is 0 Å². The van der Waals surface area contributed by atoms with Crippen LogP contribution in [0.5, 0.6) is 0 Å². The Morgan fingerprint density at radius 3 is 2.79 bits per heavy atom. The van der Waals surface area contributed by atoms with Gasteiger partial charge in [0, 0.05) is 38.1 Å². The predicted molar refractivity (Wildman–Crippen MR) is 72.0 cm³/mol. The number of rotatable bonds is 3. The third kappa shape index (κ3) is 2.63. The maximum absolute atomic E-state index is 11.8. The molecule has 19 heavy (non-hydrogen) atoms. The van der Waals surface area contributed by atoms with E-state index in [0.29, 0.717) is 11.5 Å². The van der Waals surface area contributed by atoms with Gasteiger partial charge in [0.15, 0.2) is 11.5 Å². The highest BCUT2D eigenvalue weighted by atomic mass is 16.2. The molecular formula is C13H17N5O. The summed E-state index contributed by atoms with van der Waals surface area (Å²) >= 11 is 0. The topological polar surface area (TPSA) is 77.0 Å². The molecule has 0 aliphatic heterocycles. The van der Waals surface area contributed by atoms with E-state index in [1.165, 1.54) is 4.90 Å². The first-order chi connectivity index (χ1) is 9.00. The van der Waals surface area contributed by atoms with E-state index in [0.717, 1.165) is 5.56 Å². The molecule has 0 aliphatic carbocycles. The Morgan fingerprint density at radius 2 is 2.16 bits per heavy atom. The SMILES string of the molecule is C[C@H](N)c1cccnc1-n1ccc(C(=O)N(C)C)n1. The second-order valence-corrected chi connectivity index (χ2v) is 4.55. The molecule has 2 rings (SSSR count). The molecule has 2 aromatic rings. The summed E-state index contributed by atoms with van der Waals surface area (Å²) in [5.41, 5.74) is 7.17. The van der Waals surface area contributed by atoms with Crippen molar-refractivity contribution < 1.29 is 4.79 Å². The van der Waals surface area contributed by atoms with Crippen molar-refractivity contribution in [1.82, 2.24) is 19.7 Å². The first-order valence-electron chi connectivity index (χ1n) is 5.99. The Bertz CT molecular complexity index is 588. The first kappa shape index (κ1) is 13.2. The minimum Gasteiger partial charge on any atom is -0.343 e. The summed E-state index contributed by atoms with van der Waals surface area (Å²) in [4.78, 5) is 17.6. The average molecular weight is 259 g/mol. The fraction of sp³-hybridized carbons (Fsp3) is 0.308. The molecule has 0 saturated heterocycles. The maximum atomic E-state index is 11.8. The van der Waals surface area contributed by atoms with Gasteiger partial charge in [0.25, 0.3) is 5.91 Å². The molecular weight excluding hydrogens is 242 g/mol. The number of nitrogens with zero attached hydrogens (tertiary/aromatic N) is 4. The highest BCUT2D eigenvalue weighted by Crippen LogP contribution is 2.17. The van der Waals surface area contributed by atoms with Crippen LogP contribution in [0.1, 0.15) is 29.0 Å². The maximum Gasteiger partial charge on any atom is 0.273 e. The molecule has 6 heteroatoms. The van der Waals surface area contributed by atoms with Crippen LogP contribution in [0.4, 0.5) is 0 Å². The Balaban J connectivity index is 2.41. The largest absolute Gasteiger partial charge is 0.343 e. The Kier molecular flexibility index (Phi) is 3.62. The molecule has 6 nitrogen and oxygen atoms in total. The molecule has 2 aromatic heterocycles. The number of hydrogen-bond acceptors (Lipinski definition) is 4. The Morgan fingerprint density at radius 1 is 1.42 bits per heavy atom. The van der Waals surface area contributed by atoms with Crippen molar-refractivity contribution in [3.8, 4) is 5.82 Å². The monoisotopic (exact) mass is 259 g/mol. The van der Waals surface area contributed by atoms with E-state index in [1.54, 1.807) is 37.2 Å². The standard InChI is InChI=1S/C13H17N5O/c1-9(14)10-5-4-7-15-12(10)18-8-6-11(16-18)13(19)17(2)3/h4-9H,14H2,1-3H3/t9-/m0/s1. The van der Waals surface area contributed by atoms with Gasteiger partial charge in [-0.15, -0.1) is 0 Å². The summed E-state index contributed by atoms with van der Waals surface area (Å²) in [7, 11) is 3.38. The van der Waals surface area contributed by atoms with E-state index in [4.69, 9.17) is 5.73 Å². The molecule has 2 N–H and O–H groups in total. The molecule has 0 radical (unpaired) electrons. The van der Waals surface area contributed by atoms with Crippen LogP contribution in [0.15, 0.2) is 30.6 Å². The van der Waals surface area contributed by atoms with Gasteiger partial charge in [-0.3, -0.25) is 4.79 Å². The summed E-state index contributed by atoms with van der Waals surface area (Å²) in [6.07, 6.45) is 3.39. The van der Waals surface area contributed by atoms with Gasteiger partial charge >= 0.3 is 0 Å². The van der Waals surface area contributed by atoms with E-state index >= 15 is 0 Å². The molecule has 1 amide bonds. The lowest BCUT2D eigenvalue weighted by Gasteiger charge is -2.11. The molecule has 0 aromatic carbocycles. The number of amides is 1. The fourth-order valence-corrected chi connectivity index (χ4v) is 1.74. The Hall–Kier alpha value is -2.21. The molecule has 0 bridgehead atoms. The van der Waals surface area contributed by atoms with Gasteiger partial charge in [0.2, 0.25) is 0 Å². The number of aromatic nitrogens is 3. The number of hydrogen-bond donors (Lipinski definition) is 1. The molecule has 0 unspecified atom stereocenters. The van der Waals surface area contributed by atoms with Crippen molar-refractivity contribution in [2.24, 2.45) is 5.73 Å². The zero-order valence-electron chi connectivity index (χ0n) is 11.2. The second-order valence-electron chi connectivity index (χ2n) is 4.55. The zero-order chi connectivity index (χ0) is 14.0. The van der Waals surface area contributed by atoms with Crippen LogP contribution in [0.3, 0.4) is 0 Å². The van der Waals surface area contributed by atoms with Gasteiger partial charge in [0.1, 0.15) is 0 Å². The lowest BCUT2D eigenvalue weighted by Crippen LogP contribution is -2.22. The number of carbonyl (C=O) groups is 1. The van der Waals surface area contributed by atoms with Crippen LogP contribution in [0.2, 0.25) is 0 Å². The Labute approximate surface area is 111 Å². The van der Waals surface area contributed by atoms with Crippen molar-refractivity contribution >= 4 is 5.91 Å². The number of carbonyl (C=O) groups excluding carboxylic acids is 1. The first-order valence-corrected chi connectivity index (χ1v) is 5.99. The van der Waals surface area contributed by atoms with Crippen LogP contribution >= 0.6 is 0 Å². The molecule has 0 saturated carbocycles. The minimum absolute atomic E-state index is 0.142. The van der Waals surface area contributed by atoms with E-state index in [1.807, 2.05) is 19.1 Å². The van der Waals surface area contributed by atoms with E-state index in [2.05, 4.69) is 10.1 Å². The van der Waals surface area contributed by atoms with Gasteiger partial charge in [-0.05, 0) is 19.1 Å². The summed E-state index contributed by atoms with van der Waals surface area (Å²) in [6, 6.07) is 5.25. The molecule has 100 valence electrons. The third-order valence-electron chi connectivity index (χ3n) is 2.74. The zero-order valence-corrected chi connectivity index (χ0v) is 11.2. The summed E-state index contributed by atoms with van der Waals surface area (Å²) in [5.74, 6) is 0.507. The highest BCUT2D eigenvalue weighted by molar-refractivity contribution is 5.91. The number of nitrogens with two attached hydrogens (primary N) is 1. The third-order valence-corrected chi connectivity index (χ3v) is 2.74. The van der Waals surface area contributed by atoms with Gasteiger partial charge in [-0.2, -0.15) is 5.10 Å². The summed E-state index contributed by atoms with van der Waals surface area (Å²) in [5, 5.41) is 4.25. The van der Waals surface area contributed by atoms with Crippen LogP contribution in [0.25, 0.3) is 5.82 Å². The van der Waals surface area contributed by atoms with Gasteiger partial charge in [-0.1, -0.05) is 6.07 Å². The fourth-order valence-electron chi connectivity index (χ4n) is 1.74. The second kappa shape index (κ2) is 5.19. The van der Waals surface area contributed by atoms with Crippen LogP contribution < -0.4 is 5.73 Å². The molecule has 0 spiro atoms. The lowest BCUT2D eigenvalue weighted by molar-refractivity contribution is 0.0821. The smallest absolute Gasteiger partial charge is 0.273 e. The van der Waals surface area contributed by atoms with Gasteiger partial charge < -0.3 is 10.6 Å². The normalized spacial score (nSPS) is 12.2. The lowest BCUT2D eigenvalue weighted by atomic mass is 10.1. The van der Waals surface area contributed by atoms with Crippen LogP contribution in [-0.2, 0) is 0 Å². The van der Waals surface area contributed by atoms with E-state index in [9.17, 15) is 4.79 Å². The summed E-state index contributed by atoms with van der Waals surface area (Å²) in [6.45, 7) is 1.88. The van der Waals surface area contributed by atoms with Crippen LogP contribution in [-0.4, -0.2) is 39.7 Å². The summed E-state index contributed by atoms with van der Waals surface area (Å²) < 4.78 is 1.58. The average Bonchev–Trinajstić information content (AvgIpc) is 2.87. The van der Waals surface area contributed by atoms with Crippen molar-refractivity contribution in [3.63, 3.8) is 0 Å². The van der Waals surface area contributed by atoms with E-state index < -0.39 is 0 Å². The van der Waals surface area contributed by atoms with Gasteiger partial charge in [-0.25, -0.2) is 9.67 Å². The number of pyridine rings is 1. The molecule has 0 fully saturated rings. The minimum atomic E-state index is -0.152. The molecule has 2 heterocycles. The highest BCUT2D eigenvalue weighted by Gasteiger charge is 2.15. The predicted octanol–water partition coefficient (Wildman–Crippen LogP) is 0.989.